The lowest BCUT2D eigenvalue weighted by Gasteiger charge is -2.37. The van der Waals surface area contributed by atoms with Crippen LogP contribution in [0, 0.1) is 5.92 Å². The molecule has 5 amide bonds. The van der Waals surface area contributed by atoms with E-state index >= 15 is 0 Å². The van der Waals surface area contributed by atoms with E-state index in [1.807, 2.05) is 6.92 Å². The maximum absolute atomic E-state index is 13.4. The second-order valence-electron chi connectivity index (χ2n) is 9.18. The van der Waals surface area contributed by atoms with Crippen LogP contribution in [0.1, 0.15) is 55.8 Å². The number of fused-ring (bicyclic) bond motifs is 1. The van der Waals surface area contributed by atoms with Gasteiger partial charge in [0.25, 0.3) is 5.91 Å². The molecule has 4 N–H and O–H groups in total. The number of benzene rings is 1. The van der Waals surface area contributed by atoms with E-state index < -0.39 is 6.09 Å². The lowest BCUT2D eigenvalue weighted by atomic mass is 10.1. The SMILES string of the molecule is C[C@@H]1CC(=O)Nc2cc(C(=O)NCCC3CC3)ccc2N1C(=O)N1CCC(NC(=O)O)CC1. The van der Waals surface area contributed by atoms with Crippen molar-refractivity contribution >= 4 is 35.3 Å². The summed E-state index contributed by atoms with van der Waals surface area (Å²) in [6.07, 6.45) is 3.58. The number of amides is 5. The van der Waals surface area contributed by atoms with Crippen LogP contribution in [0.3, 0.4) is 0 Å². The normalized spacial score (nSPS) is 21.0. The van der Waals surface area contributed by atoms with Crippen molar-refractivity contribution in [3.63, 3.8) is 0 Å². The standard InChI is InChI=1S/C23H31N5O5/c1-14-12-20(29)26-18-13-16(21(30)24-9-6-15-2-3-15)4-5-19(18)28(14)23(33)27-10-7-17(8-11-27)25-22(31)32/h4-5,13-15,17,25H,2-3,6-12H2,1H3,(H,24,30)(H,26,29)(H,31,32)/t14-/m1/s1. The van der Waals surface area contributed by atoms with Gasteiger partial charge in [-0.25, -0.2) is 9.59 Å². The molecule has 2 fully saturated rings. The van der Waals surface area contributed by atoms with E-state index in [1.165, 1.54) is 12.8 Å². The van der Waals surface area contributed by atoms with Gasteiger partial charge < -0.3 is 26.0 Å². The predicted molar refractivity (Wildman–Crippen MR) is 122 cm³/mol. The molecule has 1 aliphatic carbocycles. The van der Waals surface area contributed by atoms with Crippen LogP contribution in [0.15, 0.2) is 18.2 Å². The van der Waals surface area contributed by atoms with Gasteiger partial charge in [0.05, 0.1) is 11.4 Å². The van der Waals surface area contributed by atoms with E-state index in [-0.39, 0.29) is 36.3 Å². The van der Waals surface area contributed by atoms with Crippen LogP contribution in [-0.4, -0.2) is 65.7 Å². The number of carboxylic acid groups (broad SMARTS) is 1. The van der Waals surface area contributed by atoms with Crippen LogP contribution in [-0.2, 0) is 4.79 Å². The number of anilines is 2. The molecule has 0 aromatic heterocycles. The van der Waals surface area contributed by atoms with Gasteiger partial charge in [-0.3, -0.25) is 14.5 Å². The average molecular weight is 458 g/mol. The second-order valence-corrected chi connectivity index (χ2v) is 9.18. The van der Waals surface area contributed by atoms with Crippen LogP contribution in [0.25, 0.3) is 0 Å². The largest absolute Gasteiger partial charge is 0.465 e. The second kappa shape index (κ2) is 9.68. The van der Waals surface area contributed by atoms with Gasteiger partial charge in [-0.15, -0.1) is 0 Å². The summed E-state index contributed by atoms with van der Waals surface area (Å²) in [5, 5.41) is 17.2. The number of piperidine rings is 1. The number of carbonyl (C=O) groups is 4. The van der Waals surface area contributed by atoms with Crippen molar-refractivity contribution in [3.05, 3.63) is 23.8 Å². The maximum atomic E-state index is 13.4. The Balaban J connectivity index is 1.49. The van der Waals surface area contributed by atoms with Crippen LogP contribution in [0.4, 0.5) is 21.0 Å². The number of nitrogens with zero attached hydrogens (tertiary/aromatic N) is 2. The number of nitrogens with one attached hydrogen (secondary N) is 3. The lowest BCUT2D eigenvalue weighted by molar-refractivity contribution is -0.116. The van der Waals surface area contributed by atoms with Crippen molar-refractivity contribution in [3.8, 4) is 0 Å². The van der Waals surface area contributed by atoms with Crippen molar-refractivity contribution < 1.29 is 24.3 Å². The number of carbonyl (C=O) groups excluding carboxylic acids is 3. The van der Waals surface area contributed by atoms with E-state index in [0.717, 1.165) is 12.3 Å². The summed E-state index contributed by atoms with van der Waals surface area (Å²) >= 11 is 0. The van der Waals surface area contributed by atoms with Gasteiger partial charge in [-0.2, -0.15) is 0 Å². The van der Waals surface area contributed by atoms with E-state index in [4.69, 9.17) is 5.11 Å². The Morgan fingerprint density at radius 3 is 2.55 bits per heavy atom. The van der Waals surface area contributed by atoms with Crippen LogP contribution < -0.4 is 20.9 Å². The van der Waals surface area contributed by atoms with Gasteiger partial charge in [-0.05, 0) is 50.3 Å². The van der Waals surface area contributed by atoms with E-state index in [1.54, 1.807) is 28.0 Å². The molecule has 0 spiro atoms. The quantitative estimate of drug-likeness (QED) is 0.540. The van der Waals surface area contributed by atoms with Gasteiger partial charge in [0, 0.05) is 43.7 Å². The molecule has 0 radical (unpaired) electrons. The first-order valence-corrected chi connectivity index (χ1v) is 11.6. The maximum Gasteiger partial charge on any atom is 0.404 e. The highest BCUT2D eigenvalue weighted by Crippen LogP contribution is 2.34. The number of hydrogen-bond acceptors (Lipinski definition) is 4. The number of likely N-dealkylation sites (tertiary alicyclic amines) is 1. The average Bonchev–Trinajstić information content (AvgIpc) is 3.59. The minimum Gasteiger partial charge on any atom is -0.465 e. The molecule has 10 heteroatoms. The molecule has 1 saturated heterocycles. The molecule has 4 rings (SSSR count). The minimum atomic E-state index is -1.06. The monoisotopic (exact) mass is 457 g/mol. The molecule has 1 aromatic rings. The molecule has 2 aliphatic heterocycles. The van der Waals surface area contributed by atoms with Crippen LogP contribution >= 0.6 is 0 Å². The van der Waals surface area contributed by atoms with Crippen LogP contribution in [0.2, 0.25) is 0 Å². The fraction of sp³-hybridized carbons (Fsp3) is 0.565. The first-order valence-electron chi connectivity index (χ1n) is 11.6. The van der Waals surface area contributed by atoms with Crippen molar-refractivity contribution in [2.45, 2.75) is 57.5 Å². The summed E-state index contributed by atoms with van der Waals surface area (Å²) in [4.78, 5) is 52.6. The Morgan fingerprint density at radius 1 is 1.15 bits per heavy atom. The smallest absolute Gasteiger partial charge is 0.404 e. The highest BCUT2D eigenvalue weighted by molar-refractivity contribution is 6.06. The highest BCUT2D eigenvalue weighted by atomic mass is 16.4. The molecule has 178 valence electrons. The summed E-state index contributed by atoms with van der Waals surface area (Å²) in [6, 6.07) is 4.25. The number of urea groups is 1. The summed E-state index contributed by atoms with van der Waals surface area (Å²) in [7, 11) is 0. The van der Waals surface area contributed by atoms with Gasteiger partial charge in [0.15, 0.2) is 0 Å². The van der Waals surface area contributed by atoms with Crippen LogP contribution in [0.5, 0.6) is 0 Å². The third kappa shape index (κ3) is 5.55. The lowest BCUT2D eigenvalue weighted by Crippen LogP contribution is -2.52. The van der Waals surface area contributed by atoms with Crippen molar-refractivity contribution in [2.75, 3.05) is 29.9 Å². The zero-order valence-corrected chi connectivity index (χ0v) is 18.8. The summed E-state index contributed by atoms with van der Waals surface area (Å²) in [6.45, 7) is 3.29. The third-order valence-electron chi connectivity index (χ3n) is 6.55. The van der Waals surface area contributed by atoms with Gasteiger partial charge in [0.1, 0.15) is 0 Å². The van der Waals surface area contributed by atoms with E-state index in [2.05, 4.69) is 16.0 Å². The molecule has 10 nitrogen and oxygen atoms in total. The summed E-state index contributed by atoms with van der Waals surface area (Å²) < 4.78 is 0. The van der Waals surface area contributed by atoms with E-state index in [0.29, 0.717) is 49.4 Å². The summed E-state index contributed by atoms with van der Waals surface area (Å²) in [5.41, 5.74) is 1.43. The Hall–Kier alpha value is -3.30. The third-order valence-corrected chi connectivity index (χ3v) is 6.55. The van der Waals surface area contributed by atoms with Crippen molar-refractivity contribution in [2.24, 2.45) is 5.92 Å². The zero-order valence-electron chi connectivity index (χ0n) is 18.8. The Bertz CT molecular complexity index is 939. The zero-order chi connectivity index (χ0) is 23.5. The number of rotatable bonds is 5. The van der Waals surface area contributed by atoms with Crippen molar-refractivity contribution in [1.29, 1.82) is 0 Å². The molecule has 1 atom stereocenters. The molecule has 2 heterocycles. The fourth-order valence-corrected chi connectivity index (χ4v) is 4.52. The Labute approximate surface area is 192 Å². The first-order chi connectivity index (χ1) is 15.8. The molecule has 33 heavy (non-hydrogen) atoms. The topological polar surface area (TPSA) is 131 Å². The molecular formula is C23H31N5O5. The van der Waals surface area contributed by atoms with Crippen molar-refractivity contribution in [1.82, 2.24) is 15.5 Å². The molecule has 0 unspecified atom stereocenters. The Kier molecular flexibility index (Phi) is 6.71. The minimum absolute atomic E-state index is 0.139. The Morgan fingerprint density at radius 2 is 1.88 bits per heavy atom. The first kappa shape index (κ1) is 22.9. The molecule has 1 aromatic carbocycles. The molecule has 1 saturated carbocycles. The molecular weight excluding hydrogens is 426 g/mol. The molecule has 3 aliphatic rings. The van der Waals surface area contributed by atoms with Gasteiger partial charge in [-0.1, -0.05) is 12.8 Å². The van der Waals surface area contributed by atoms with Gasteiger partial charge in [0.2, 0.25) is 5.91 Å². The predicted octanol–water partition coefficient (Wildman–Crippen LogP) is 2.61. The van der Waals surface area contributed by atoms with E-state index in [9.17, 15) is 19.2 Å². The number of hydrogen-bond donors (Lipinski definition) is 4. The summed E-state index contributed by atoms with van der Waals surface area (Å²) in [5.74, 6) is 0.313. The molecule has 0 bridgehead atoms. The highest BCUT2D eigenvalue weighted by Gasteiger charge is 2.34. The van der Waals surface area contributed by atoms with Gasteiger partial charge >= 0.3 is 12.1 Å². The fourth-order valence-electron chi connectivity index (χ4n) is 4.52.